The van der Waals surface area contributed by atoms with E-state index in [2.05, 4.69) is 9.97 Å². The smallest absolute Gasteiger partial charge is 0.342 e. The largest absolute Gasteiger partial charge is 0.416 e. The average Bonchev–Trinajstić information content (AvgIpc) is 3.35. The third kappa shape index (κ3) is 5.40. The first-order valence-corrected chi connectivity index (χ1v) is 12.2. The highest BCUT2D eigenvalue weighted by Crippen LogP contribution is 2.34. The molecule has 1 aliphatic rings. The fourth-order valence-corrected chi connectivity index (χ4v) is 4.76. The van der Waals surface area contributed by atoms with E-state index >= 15 is 0 Å². The molecule has 37 heavy (non-hydrogen) atoms. The van der Waals surface area contributed by atoms with Crippen LogP contribution in [0.3, 0.4) is 0 Å². The van der Waals surface area contributed by atoms with Gasteiger partial charge in [-0.2, -0.15) is 18.3 Å². The van der Waals surface area contributed by atoms with Crippen LogP contribution in [-0.2, 0) is 17.4 Å². The van der Waals surface area contributed by atoms with Crippen molar-refractivity contribution in [3.05, 3.63) is 95.4 Å². The van der Waals surface area contributed by atoms with Gasteiger partial charge in [0.05, 0.1) is 23.4 Å². The molecule has 4 aromatic rings. The number of aromatic nitrogens is 4. The van der Waals surface area contributed by atoms with E-state index in [9.17, 15) is 18.0 Å². The number of rotatable bonds is 5. The Kier molecular flexibility index (Phi) is 6.78. The summed E-state index contributed by atoms with van der Waals surface area (Å²) in [6.45, 7) is 2.94. The Morgan fingerprint density at radius 3 is 2.32 bits per heavy atom. The molecule has 0 spiro atoms. The van der Waals surface area contributed by atoms with E-state index in [1.54, 1.807) is 28.0 Å². The van der Waals surface area contributed by atoms with Crippen LogP contribution in [-0.4, -0.2) is 43.6 Å². The fraction of sp³-hybridized carbons (Fsp3) is 0.286. The number of hydrogen-bond acceptors (Lipinski definition) is 4. The predicted molar refractivity (Wildman–Crippen MR) is 133 cm³/mol. The second-order valence-corrected chi connectivity index (χ2v) is 9.27. The van der Waals surface area contributed by atoms with Gasteiger partial charge >= 0.3 is 6.18 Å². The van der Waals surface area contributed by atoms with Gasteiger partial charge in [0.1, 0.15) is 0 Å². The first kappa shape index (κ1) is 24.7. The molecule has 0 atom stereocenters. The molecular weight excluding hydrogens is 479 g/mol. The topological polar surface area (TPSA) is 63.9 Å². The molecule has 1 saturated heterocycles. The summed E-state index contributed by atoms with van der Waals surface area (Å²) in [5, 5.41) is 4.80. The molecule has 1 aliphatic heterocycles. The van der Waals surface area contributed by atoms with Gasteiger partial charge in [-0.05, 0) is 43.5 Å². The molecule has 9 heteroatoms. The van der Waals surface area contributed by atoms with E-state index in [1.807, 2.05) is 37.3 Å². The van der Waals surface area contributed by atoms with Crippen molar-refractivity contribution >= 4 is 5.91 Å². The number of piperidine rings is 1. The van der Waals surface area contributed by atoms with Crippen LogP contribution in [0.1, 0.15) is 41.1 Å². The van der Waals surface area contributed by atoms with Gasteiger partial charge in [0.15, 0.2) is 0 Å². The van der Waals surface area contributed by atoms with Gasteiger partial charge in [0.2, 0.25) is 5.91 Å². The number of amides is 1. The first-order valence-electron chi connectivity index (χ1n) is 12.2. The minimum absolute atomic E-state index is 0.00386. The van der Waals surface area contributed by atoms with Crippen molar-refractivity contribution in [2.45, 2.75) is 38.3 Å². The fourth-order valence-electron chi connectivity index (χ4n) is 4.76. The SMILES string of the molecule is Cc1ccc(-c2cc(C3CCN(C(=O)Cc4ccccc4C(F)(F)F)CC3)n(-c3ncccn3)n2)cc1. The summed E-state index contributed by atoms with van der Waals surface area (Å²) in [6, 6.07) is 17.2. The summed E-state index contributed by atoms with van der Waals surface area (Å²) in [6.07, 6.45) is -0.0967. The lowest BCUT2D eigenvalue weighted by atomic mass is 9.92. The molecule has 6 nitrogen and oxygen atoms in total. The maximum Gasteiger partial charge on any atom is 0.416 e. The molecule has 5 rings (SSSR count). The molecule has 0 radical (unpaired) electrons. The van der Waals surface area contributed by atoms with Crippen LogP contribution in [0.4, 0.5) is 13.2 Å². The molecule has 3 heterocycles. The molecule has 0 saturated carbocycles. The van der Waals surface area contributed by atoms with Crippen molar-refractivity contribution in [3.63, 3.8) is 0 Å². The Hall–Kier alpha value is -4.01. The van der Waals surface area contributed by atoms with Gasteiger partial charge < -0.3 is 4.90 Å². The number of carbonyl (C=O) groups excluding carboxylic acids is 1. The minimum Gasteiger partial charge on any atom is -0.342 e. The van der Waals surface area contributed by atoms with Crippen molar-refractivity contribution in [2.75, 3.05) is 13.1 Å². The first-order chi connectivity index (χ1) is 17.8. The number of aryl methyl sites for hydroxylation is 1. The normalized spacial score (nSPS) is 14.6. The standard InChI is InChI=1S/C28H26F3N5O/c1-19-7-9-20(10-8-19)24-18-25(36(34-24)27-32-13-4-14-33-27)21-11-15-35(16-12-21)26(37)17-22-5-2-3-6-23(22)28(29,30)31/h2-10,13-14,18,21H,11-12,15-17H2,1H3. The molecule has 0 N–H and O–H groups in total. The van der Waals surface area contributed by atoms with Crippen LogP contribution >= 0.6 is 0 Å². The van der Waals surface area contributed by atoms with Gasteiger partial charge in [-0.3, -0.25) is 4.79 Å². The van der Waals surface area contributed by atoms with Crippen LogP contribution in [0.25, 0.3) is 17.2 Å². The Bertz CT molecular complexity index is 1380. The summed E-state index contributed by atoms with van der Waals surface area (Å²) in [4.78, 5) is 23.3. The molecule has 0 bridgehead atoms. The van der Waals surface area contributed by atoms with E-state index in [0.29, 0.717) is 31.9 Å². The van der Waals surface area contributed by atoms with Gasteiger partial charge in [-0.25, -0.2) is 14.6 Å². The van der Waals surface area contributed by atoms with Gasteiger partial charge in [0.25, 0.3) is 5.95 Å². The lowest BCUT2D eigenvalue weighted by molar-refractivity contribution is -0.138. The second-order valence-electron chi connectivity index (χ2n) is 9.27. The van der Waals surface area contributed by atoms with Crippen LogP contribution in [0.15, 0.2) is 73.1 Å². The number of benzene rings is 2. The maximum atomic E-state index is 13.4. The second kappa shape index (κ2) is 10.2. The van der Waals surface area contributed by atoms with Crippen molar-refractivity contribution in [3.8, 4) is 17.2 Å². The minimum atomic E-state index is -4.49. The van der Waals surface area contributed by atoms with Crippen molar-refractivity contribution in [1.29, 1.82) is 0 Å². The van der Waals surface area contributed by atoms with Crippen LogP contribution in [0.5, 0.6) is 0 Å². The zero-order valence-corrected chi connectivity index (χ0v) is 20.3. The zero-order chi connectivity index (χ0) is 26.0. The molecule has 1 fully saturated rings. The molecular formula is C28H26F3N5O. The lowest BCUT2D eigenvalue weighted by Crippen LogP contribution is -2.39. The summed E-state index contributed by atoms with van der Waals surface area (Å²) in [5.74, 6) is 0.274. The number of nitrogens with zero attached hydrogens (tertiary/aromatic N) is 5. The van der Waals surface area contributed by atoms with Crippen molar-refractivity contribution in [2.24, 2.45) is 0 Å². The number of carbonyl (C=O) groups is 1. The van der Waals surface area contributed by atoms with Crippen molar-refractivity contribution in [1.82, 2.24) is 24.6 Å². The highest BCUT2D eigenvalue weighted by Gasteiger charge is 2.34. The molecule has 2 aromatic carbocycles. The van der Waals surface area contributed by atoms with Crippen LogP contribution in [0, 0.1) is 6.92 Å². The number of alkyl halides is 3. The Labute approximate surface area is 212 Å². The van der Waals surface area contributed by atoms with Gasteiger partial charge in [-0.15, -0.1) is 0 Å². The Morgan fingerprint density at radius 1 is 0.973 bits per heavy atom. The van der Waals surface area contributed by atoms with Crippen LogP contribution < -0.4 is 0 Å². The van der Waals surface area contributed by atoms with E-state index in [4.69, 9.17) is 5.10 Å². The molecule has 0 unspecified atom stereocenters. The quantitative estimate of drug-likeness (QED) is 0.354. The molecule has 0 aliphatic carbocycles. The van der Waals surface area contributed by atoms with Crippen LogP contribution in [0.2, 0.25) is 0 Å². The monoisotopic (exact) mass is 505 g/mol. The predicted octanol–water partition coefficient (Wildman–Crippen LogP) is 5.61. The average molecular weight is 506 g/mol. The third-order valence-corrected chi connectivity index (χ3v) is 6.76. The highest BCUT2D eigenvalue weighted by atomic mass is 19.4. The number of likely N-dealkylation sites (tertiary alicyclic amines) is 1. The molecule has 2 aromatic heterocycles. The summed E-state index contributed by atoms with van der Waals surface area (Å²) < 4.78 is 41.8. The van der Waals surface area contributed by atoms with E-state index in [0.717, 1.165) is 28.6 Å². The Morgan fingerprint density at radius 2 is 1.65 bits per heavy atom. The van der Waals surface area contributed by atoms with E-state index in [1.165, 1.54) is 18.2 Å². The van der Waals surface area contributed by atoms with Gasteiger partial charge in [0, 0.05) is 37.0 Å². The van der Waals surface area contributed by atoms with E-state index < -0.39 is 11.7 Å². The zero-order valence-electron chi connectivity index (χ0n) is 20.3. The Balaban J connectivity index is 1.34. The number of hydrogen-bond donors (Lipinski definition) is 0. The van der Waals surface area contributed by atoms with Crippen molar-refractivity contribution < 1.29 is 18.0 Å². The van der Waals surface area contributed by atoms with E-state index in [-0.39, 0.29) is 23.8 Å². The molecule has 190 valence electrons. The maximum absolute atomic E-state index is 13.4. The highest BCUT2D eigenvalue weighted by molar-refractivity contribution is 5.79. The summed E-state index contributed by atoms with van der Waals surface area (Å²) in [7, 11) is 0. The molecule has 1 amide bonds. The third-order valence-electron chi connectivity index (χ3n) is 6.76. The summed E-state index contributed by atoms with van der Waals surface area (Å²) in [5.41, 5.74) is 3.15. The number of halogens is 3. The van der Waals surface area contributed by atoms with Gasteiger partial charge in [-0.1, -0.05) is 48.0 Å². The lowest BCUT2D eigenvalue weighted by Gasteiger charge is -2.32. The summed E-state index contributed by atoms with van der Waals surface area (Å²) >= 11 is 0.